The summed E-state index contributed by atoms with van der Waals surface area (Å²) in [5.41, 5.74) is 5.16. The van der Waals surface area contributed by atoms with E-state index in [1.165, 1.54) is 4.90 Å². The highest BCUT2D eigenvalue weighted by atomic mass is 16.4. The highest BCUT2D eigenvalue weighted by Gasteiger charge is 2.26. The van der Waals surface area contributed by atoms with Crippen LogP contribution in [0.5, 0.6) is 0 Å². The number of urea groups is 1. The SMILES string of the molecule is CC(C)N(CCCC(=O)O)C(=O)N(CC(N)=O)C(C)C. The van der Waals surface area contributed by atoms with Gasteiger partial charge in [-0.05, 0) is 34.1 Å². The lowest BCUT2D eigenvalue weighted by Crippen LogP contribution is -2.51. The van der Waals surface area contributed by atoms with Gasteiger partial charge in [0.05, 0.1) is 0 Å². The van der Waals surface area contributed by atoms with E-state index in [4.69, 9.17) is 10.8 Å². The number of amides is 3. The van der Waals surface area contributed by atoms with Crippen LogP contribution in [0.3, 0.4) is 0 Å². The van der Waals surface area contributed by atoms with Crippen molar-refractivity contribution in [2.75, 3.05) is 13.1 Å². The third kappa shape index (κ3) is 6.40. The smallest absolute Gasteiger partial charge is 0.320 e. The van der Waals surface area contributed by atoms with Gasteiger partial charge in [0.15, 0.2) is 0 Å². The number of hydrogen-bond donors (Lipinski definition) is 2. The van der Waals surface area contributed by atoms with E-state index < -0.39 is 11.9 Å². The Hall–Kier alpha value is -1.79. The number of rotatable bonds is 8. The van der Waals surface area contributed by atoms with Crippen LogP contribution >= 0.6 is 0 Å². The number of primary amides is 1. The highest BCUT2D eigenvalue weighted by Crippen LogP contribution is 2.10. The summed E-state index contributed by atoms with van der Waals surface area (Å²) in [5, 5.41) is 8.64. The maximum absolute atomic E-state index is 12.4. The van der Waals surface area contributed by atoms with Gasteiger partial charge in [-0.15, -0.1) is 0 Å². The Labute approximate surface area is 119 Å². The predicted molar refractivity (Wildman–Crippen MR) is 75.1 cm³/mol. The molecular formula is C13H25N3O4. The van der Waals surface area contributed by atoms with Crippen molar-refractivity contribution in [3.63, 3.8) is 0 Å². The maximum Gasteiger partial charge on any atom is 0.320 e. The summed E-state index contributed by atoms with van der Waals surface area (Å²) in [6.07, 6.45) is 0.385. The number of carbonyl (C=O) groups excluding carboxylic acids is 2. The van der Waals surface area contributed by atoms with E-state index in [2.05, 4.69) is 0 Å². The lowest BCUT2D eigenvalue weighted by Gasteiger charge is -2.34. The van der Waals surface area contributed by atoms with Crippen molar-refractivity contribution in [2.24, 2.45) is 5.73 Å². The number of carboxylic acid groups (broad SMARTS) is 1. The molecule has 0 spiro atoms. The van der Waals surface area contributed by atoms with Crippen LogP contribution in [0, 0.1) is 0 Å². The summed E-state index contributed by atoms with van der Waals surface area (Å²) in [4.78, 5) is 37.0. The van der Waals surface area contributed by atoms with E-state index in [-0.39, 0.29) is 31.1 Å². The lowest BCUT2D eigenvalue weighted by molar-refractivity contribution is -0.137. The molecule has 0 aromatic carbocycles. The zero-order valence-corrected chi connectivity index (χ0v) is 12.6. The fourth-order valence-corrected chi connectivity index (χ4v) is 1.78. The first kappa shape index (κ1) is 18.2. The molecule has 7 nitrogen and oxygen atoms in total. The van der Waals surface area contributed by atoms with Crippen molar-refractivity contribution in [1.82, 2.24) is 9.80 Å². The fraction of sp³-hybridized carbons (Fsp3) is 0.769. The first-order chi connectivity index (χ1) is 9.16. The standard InChI is InChI=1S/C13H25N3O4/c1-9(2)15(7-5-6-12(18)19)13(20)16(10(3)4)8-11(14)17/h9-10H,5-8H2,1-4H3,(H2,14,17)(H,18,19). The van der Waals surface area contributed by atoms with Gasteiger partial charge in [-0.1, -0.05) is 0 Å². The number of aliphatic carboxylic acids is 1. The van der Waals surface area contributed by atoms with Crippen molar-refractivity contribution in [3.05, 3.63) is 0 Å². The fourth-order valence-electron chi connectivity index (χ4n) is 1.78. The average molecular weight is 287 g/mol. The molecule has 0 aromatic heterocycles. The molecule has 0 heterocycles. The third-order valence-corrected chi connectivity index (χ3v) is 2.85. The third-order valence-electron chi connectivity index (χ3n) is 2.85. The topological polar surface area (TPSA) is 104 Å². The molecule has 0 aromatic rings. The van der Waals surface area contributed by atoms with Gasteiger partial charge in [-0.25, -0.2) is 4.79 Å². The van der Waals surface area contributed by atoms with Crippen LogP contribution in [-0.4, -0.2) is 58.0 Å². The van der Waals surface area contributed by atoms with Gasteiger partial charge in [0.1, 0.15) is 6.54 Å². The summed E-state index contributed by atoms with van der Waals surface area (Å²) in [6, 6.07) is -0.527. The van der Waals surface area contributed by atoms with E-state index in [1.807, 2.05) is 13.8 Å². The zero-order valence-electron chi connectivity index (χ0n) is 12.6. The Balaban J connectivity index is 4.82. The van der Waals surface area contributed by atoms with Crippen LogP contribution in [0.4, 0.5) is 4.79 Å². The molecule has 0 unspecified atom stereocenters. The minimum Gasteiger partial charge on any atom is -0.481 e. The Morgan fingerprint density at radius 1 is 1.05 bits per heavy atom. The quantitative estimate of drug-likeness (QED) is 0.691. The summed E-state index contributed by atoms with van der Waals surface area (Å²) >= 11 is 0. The van der Waals surface area contributed by atoms with Crippen molar-refractivity contribution in [3.8, 4) is 0 Å². The molecule has 0 aliphatic rings. The predicted octanol–water partition coefficient (Wildman–Crippen LogP) is 0.877. The number of nitrogens with zero attached hydrogens (tertiary/aromatic N) is 2. The molecule has 3 N–H and O–H groups in total. The Kier molecular flexibility index (Phi) is 7.64. The normalized spacial score (nSPS) is 10.7. The van der Waals surface area contributed by atoms with E-state index in [0.29, 0.717) is 13.0 Å². The van der Waals surface area contributed by atoms with Gasteiger partial charge in [-0.3, -0.25) is 9.59 Å². The summed E-state index contributed by atoms with van der Waals surface area (Å²) in [6.45, 7) is 7.50. The molecule has 0 radical (unpaired) electrons. The first-order valence-electron chi connectivity index (χ1n) is 6.74. The highest BCUT2D eigenvalue weighted by molar-refractivity contribution is 5.83. The average Bonchev–Trinajstić information content (AvgIpc) is 2.29. The summed E-state index contributed by atoms with van der Waals surface area (Å²) < 4.78 is 0. The first-order valence-corrected chi connectivity index (χ1v) is 6.74. The molecule has 0 saturated heterocycles. The van der Waals surface area contributed by atoms with Crippen molar-refractivity contribution in [1.29, 1.82) is 0 Å². The maximum atomic E-state index is 12.4. The summed E-state index contributed by atoms with van der Waals surface area (Å²) in [7, 11) is 0. The van der Waals surface area contributed by atoms with Crippen molar-refractivity contribution < 1.29 is 19.5 Å². The number of nitrogens with two attached hydrogens (primary N) is 1. The molecule has 116 valence electrons. The van der Waals surface area contributed by atoms with Crippen LogP contribution in [0.15, 0.2) is 0 Å². The molecule has 20 heavy (non-hydrogen) atoms. The van der Waals surface area contributed by atoms with Gasteiger partial charge in [0.2, 0.25) is 5.91 Å². The molecule has 0 aliphatic heterocycles. The molecule has 0 rings (SSSR count). The monoisotopic (exact) mass is 287 g/mol. The van der Waals surface area contributed by atoms with Crippen molar-refractivity contribution in [2.45, 2.75) is 52.6 Å². The minimum absolute atomic E-state index is 0.00793. The molecule has 0 atom stereocenters. The van der Waals surface area contributed by atoms with Crippen LogP contribution in [-0.2, 0) is 9.59 Å². The zero-order chi connectivity index (χ0) is 15.9. The van der Waals surface area contributed by atoms with Crippen LogP contribution in [0.2, 0.25) is 0 Å². The van der Waals surface area contributed by atoms with Gasteiger partial charge >= 0.3 is 12.0 Å². The Morgan fingerprint density at radius 2 is 1.55 bits per heavy atom. The summed E-state index contributed by atoms with van der Waals surface area (Å²) in [5.74, 6) is -1.46. The van der Waals surface area contributed by atoms with Crippen LogP contribution in [0.25, 0.3) is 0 Å². The second-order valence-electron chi connectivity index (χ2n) is 5.25. The number of carbonyl (C=O) groups is 3. The van der Waals surface area contributed by atoms with Crippen LogP contribution < -0.4 is 5.73 Å². The molecule has 0 saturated carbocycles. The Morgan fingerprint density at radius 3 is 1.90 bits per heavy atom. The van der Waals surface area contributed by atoms with E-state index >= 15 is 0 Å². The van der Waals surface area contributed by atoms with Crippen LogP contribution in [0.1, 0.15) is 40.5 Å². The second kappa shape index (κ2) is 8.39. The van der Waals surface area contributed by atoms with Crippen molar-refractivity contribution >= 4 is 17.9 Å². The minimum atomic E-state index is -0.890. The molecule has 0 bridgehead atoms. The van der Waals surface area contributed by atoms with E-state index in [9.17, 15) is 14.4 Å². The number of carboxylic acids is 1. The molecule has 0 aliphatic carbocycles. The molecular weight excluding hydrogens is 262 g/mol. The van der Waals surface area contributed by atoms with Gasteiger partial charge in [0, 0.05) is 25.0 Å². The largest absolute Gasteiger partial charge is 0.481 e. The number of hydrogen-bond acceptors (Lipinski definition) is 3. The van der Waals surface area contributed by atoms with E-state index in [0.717, 1.165) is 0 Å². The Bertz CT molecular complexity index is 356. The lowest BCUT2D eigenvalue weighted by atomic mass is 10.2. The molecule has 0 fully saturated rings. The second-order valence-corrected chi connectivity index (χ2v) is 5.25. The van der Waals surface area contributed by atoms with Gasteiger partial charge < -0.3 is 20.6 Å². The molecule has 3 amide bonds. The molecule has 7 heteroatoms. The van der Waals surface area contributed by atoms with Gasteiger partial charge in [-0.2, -0.15) is 0 Å². The van der Waals surface area contributed by atoms with E-state index in [1.54, 1.807) is 18.7 Å². The van der Waals surface area contributed by atoms with Gasteiger partial charge in [0.25, 0.3) is 0 Å².